The van der Waals surface area contributed by atoms with Gasteiger partial charge in [-0.1, -0.05) is 60.2 Å². The molecule has 2 amide bonds. The van der Waals surface area contributed by atoms with E-state index in [0.29, 0.717) is 5.56 Å². The van der Waals surface area contributed by atoms with Gasteiger partial charge in [0.1, 0.15) is 0 Å². The summed E-state index contributed by atoms with van der Waals surface area (Å²) in [5, 5.41) is 25.1. The molecule has 0 aromatic heterocycles. The van der Waals surface area contributed by atoms with Crippen LogP contribution in [0.5, 0.6) is 0 Å². The summed E-state index contributed by atoms with van der Waals surface area (Å²) in [7, 11) is 0. The van der Waals surface area contributed by atoms with E-state index in [1.807, 2.05) is 32.0 Å². The summed E-state index contributed by atoms with van der Waals surface area (Å²) in [6.45, 7) is 3.77. The fourth-order valence-corrected chi connectivity index (χ4v) is 5.56. The van der Waals surface area contributed by atoms with Crippen molar-refractivity contribution in [2.75, 3.05) is 4.90 Å². The summed E-state index contributed by atoms with van der Waals surface area (Å²) in [5.74, 6) is -4.89. The van der Waals surface area contributed by atoms with Crippen molar-refractivity contribution in [3.05, 3.63) is 105 Å². The number of non-ortho nitro benzene ring substituents is 1. The minimum atomic E-state index is -1.88. The second-order valence-corrected chi connectivity index (χ2v) is 9.25. The number of hydrogen-bond acceptors (Lipinski definition) is 6. The summed E-state index contributed by atoms with van der Waals surface area (Å²) >= 11 is 0. The quantitative estimate of drug-likeness (QED) is 0.321. The normalized spacial score (nSPS) is 25.2. The van der Waals surface area contributed by atoms with E-state index < -0.39 is 46.1 Å². The van der Waals surface area contributed by atoms with Gasteiger partial charge in [-0.05, 0) is 36.6 Å². The number of rotatable bonds is 5. The highest BCUT2D eigenvalue weighted by atomic mass is 16.6. The van der Waals surface area contributed by atoms with Crippen LogP contribution in [0, 0.1) is 35.8 Å². The second kappa shape index (κ2) is 8.39. The van der Waals surface area contributed by atoms with Gasteiger partial charge in [-0.3, -0.25) is 25.0 Å². The average molecular weight is 485 g/mol. The van der Waals surface area contributed by atoms with Gasteiger partial charge < -0.3 is 5.11 Å². The van der Waals surface area contributed by atoms with Crippen LogP contribution >= 0.6 is 0 Å². The van der Waals surface area contributed by atoms with Crippen molar-refractivity contribution in [2.45, 2.75) is 25.4 Å². The number of hydrogen-bond donors (Lipinski definition) is 2. The average Bonchev–Trinajstić information content (AvgIpc) is 3.35. The number of carbonyl (C=O) groups excluding carboxylic acids is 2. The zero-order valence-corrected chi connectivity index (χ0v) is 19.5. The number of aliphatic carboxylic acids is 1. The molecule has 2 aliphatic heterocycles. The predicted octanol–water partition coefficient (Wildman–Crippen LogP) is 3.64. The smallest absolute Gasteiger partial charge is 0.329 e. The van der Waals surface area contributed by atoms with Crippen molar-refractivity contribution in [1.29, 1.82) is 0 Å². The van der Waals surface area contributed by atoms with Crippen LogP contribution in [0.1, 0.15) is 28.3 Å². The Balaban J connectivity index is 1.74. The van der Waals surface area contributed by atoms with E-state index in [-0.39, 0.29) is 11.4 Å². The van der Waals surface area contributed by atoms with Crippen LogP contribution in [0.25, 0.3) is 0 Å². The zero-order chi connectivity index (χ0) is 25.8. The molecule has 2 N–H and O–H groups in total. The number of carboxylic acids is 1. The number of anilines is 1. The van der Waals surface area contributed by atoms with E-state index in [9.17, 15) is 29.6 Å². The molecule has 3 aromatic carbocycles. The van der Waals surface area contributed by atoms with Crippen molar-refractivity contribution < 1.29 is 24.4 Å². The molecule has 9 nitrogen and oxygen atoms in total. The minimum Gasteiger partial charge on any atom is -0.480 e. The minimum absolute atomic E-state index is 0.0423. The van der Waals surface area contributed by atoms with Gasteiger partial charge in [0.2, 0.25) is 11.8 Å². The first kappa shape index (κ1) is 23.4. The molecule has 0 radical (unpaired) electrons. The summed E-state index contributed by atoms with van der Waals surface area (Å²) in [4.78, 5) is 52.5. The number of amides is 2. The molecule has 5 rings (SSSR count). The van der Waals surface area contributed by atoms with E-state index in [1.54, 1.807) is 30.3 Å². The number of fused-ring (bicyclic) bond motifs is 1. The number of nitrogens with one attached hydrogen (secondary N) is 1. The fraction of sp³-hybridized carbons (Fsp3) is 0.222. The molecule has 0 bridgehead atoms. The van der Waals surface area contributed by atoms with Gasteiger partial charge in [0.25, 0.3) is 5.69 Å². The molecule has 3 aromatic rings. The number of carbonyl (C=O) groups is 3. The lowest BCUT2D eigenvalue weighted by atomic mass is 9.75. The number of carboxylic acid groups (broad SMARTS) is 1. The number of imide groups is 1. The lowest BCUT2D eigenvalue weighted by Gasteiger charge is -2.32. The first-order valence-corrected chi connectivity index (χ1v) is 11.4. The molecule has 2 heterocycles. The van der Waals surface area contributed by atoms with Crippen molar-refractivity contribution in [3.63, 3.8) is 0 Å². The topological polar surface area (TPSA) is 130 Å². The highest BCUT2D eigenvalue weighted by molar-refractivity contribution is 6.24. The van der Waals surface area contributed by atoms with Gasteiger partial charge in [-0.15, -0.1) is 0 Å². The Morgan fingerprint density at radius 2 is 1.72 bits per heavy atom. The maximum absolute atomic E-state index is 13.9. The molecule has 0 spiro atoms. The molecular formula is C27H23N3O6. The summed E-state index contributed by atoms with van der Waals surface area (Å²) in [6, 6.07) is 18.5. The van der Waals surface area contributed by atoms with Crippen LogP contribution in [0.3, 0.4) is 0 Å². The number of nitro benzene ring substituents is 1. The second-order valence-electron chi connectivity index (χ2n) is 9.25. The first-order valence-electron chi connectivity index (χ1n) is 11.4. The SMILES string of the molecule is Cc1ccc(C)c(C2NC(C(=O)O)(c3ccccc3)C3C(=O)N(c4cccc([N+](=O)[O-])c4)C(=O)C23)c1. The molecule has 4 unspecified atom stereocenters. The third kappa shape index (κ3) is 3.31. The molecule has 9 heteroatoms. The Hall–Kier alpha value is -4.37. The van der Waals surface area contributed by atoms with E-state index in [2.05, 4.69) is 5.32 Å². The fourth-order valence-electron chi connectivity index (χ4n) is 5.56. The molecule has 0 saturated carbocycles. The molecule has 0 aliphatic carbocycles. The zero-order valence-electron chi connectivity index (χ0n) is 19.5. The molecule has 36 heavy (non-hydrogen) atoms. The van der Waals surface area contributed by atoms with Crippen LogP contribution in [0.15, 0.2) is 72.8 Å². The van der Waals surface area contributed by atoms with Crippen LogP contribution in [-0.2, 0) is 19.9 Å². The standard InChI is InChI=1S/C27H23N3O6/c1-15-11-12-16(2)20(13-15)23-21-22(27(28-23,26(33)34)17-7-4-3-5-8-17)25(32)29(24(21)31)18-9-6-10-19(14-18)30(35)36/h3-14,21-23,28H,1-2H3,(H,33,34). The van der Waals surface area contributed by atoms with Gasteiger partial charge in [0.05, 0.1) is 22.4 Å². The van der Waals surface area contributed by atoms with Crippen LogP contribution in [-0.4, -0.2) is 27.8 Å². The third-order valence-electron chi connectivity index (χ3n) is 7.19. The van der Waals surface area contributed by atoms with Crippen LogP contribution in [0.4, 0.5) is 11.4 Å². The predicted molar refractivity (Wildman–Crippen MR) is 130 cm³/mol. The Labute approximate surface area is 206 Å². The number of benzene rings is 3. The van der Waals surface area contributed by atoms with Crippen molar-refractivity contribution in [2.24, 2.45) is 11.8 Å². The summed E-state index contributed by atoms with van der Waals surface area (Å²) in [6.07, 6.45) is 0. The monoisotopic (exact) mass is 485 g/mol. The Morgan fingerprint density at radius 1 is 1.00 bits per heavy atom. The van der Waals surface area contributed by atoms with E-state index in [0.717, 1.165) is 27.7 Å². The number of aryl methyl sites for hydroxylation is 2. The molecule has 182 valence electrons. The van der Waals surface area contributed by atoms with Gasteiger partial charge in [-0.25, -0.2) is 9.69 Å². The van der Waals surface area contributed by atoms with Gasteiger partial charge >= 0.3 is 5.97 Å². The number of nitrogens with zero attached hydrogens (tertiary/aromatic N) is 2. The first-order chi connectivity index (χ1) is 17.2. The lowest BCUT2D eigenvalue weighted by Crippen LogP contribution is -2.53. The van der Waals surface area contributed by atoms with Crippen LogP contribution < -0.4 is 10.2 Å². The highest BCUT2D eigenvalue weighted by Gasteiger charge is 2.69. The molecule has 2 saturated heterocycles. The van der Waals surface area contributed by atoms with E-state index >= 15 is 0 Å². The molecule has 2 fully saturated rings. The number of nitro groups is 1. The van der Waals surface area contributed by atoms with E-state index in [1.165, 1.54) is 18.2 Å². The molecular weight excluding hydrogens is 462 g/mol. The Kier molecular flexibility index (Phi) is 5.44. The molecule has 2 aliphatic rings. The molecule has 4 atom stereocenters. The lowest BCUT2D eigenvalue weighted by molar-refractivity contribution is -0.384. The Bertz CT molecular complexity index is 1420. The van der Waals surface area contributed by atoms with E-state index in [4.69, 9.17) is 0 Å². The largest absolute Gasteiger partial charge is 0.480 e. The maximum Gasteiger partial charge on any atom is 0.329 e. The van der Waals surface area contributed by atoms with Crippen LogP contribution in [0.2, 0.25) is 0 Å². The highest BCUT2D eigenvalue weighted by Crippen LogP contribution is 2.54. The summed E-state index contributed by atoms with van der Waals surface area (Å²) in [5.41, 5.74) is 0.736. The van der Waals surface area contributed by atoms with Crippen molar-refractivity contribution in [3.8, 4) is 0 Å². The van der Waals surface area contributed by atoms with Gasteiger partial charge in [-0.2, -0.15) is 0 Å². The van der Waals surface area contributed by atoms with Crippen molar-refractivity contribution >= 4 is 29.2 Å². The third-order valence-corrected chi connectivity index (χ3v) is 7.19. The van der Waals surface area contributed by atoms with Gasteiger partial charge in [0.15, 0.2) is 5.54 Å². The van der Waals surface area contributed by atoms with Crippen molar-refractivity contribution in [1.82, 2.24) is 5.32 Å². The Morgan fingerprint density at radius 3 is 2.39 bits per heavy atom. The van der Waals surface area contributed by atoms with Gasteiger partial charge in [0, 0.05) is 18.2 Å². The maximum atomic E-state index is 13.9. The summed E-state index contributed by atoms with van der Waals surface area (Å²) < 4.78 is 0.